The number of halogens is 1. The fourth-order valence-electron chi connectivity index (χ4n) is 4.06. The Hall–Kier alpha value is -2.20. The molecule has 0 bridgehead atoms. The zero-order valence-electron chi connectivity index (χ0n) is 14.7. The van der Waals surface area contributed by atoms with Crippen LogP contribution >= 0.6 is 0 Å². The Bertz CT molecular complexity index is 772. The predicted molar refractivity (Wildman–Crippen MR) is 96.6 cm³/mol. The fourth-order valence-corrected chi connectivity index (χ4v) is 4.06. The van der Waals surface area contributed by atoms with E-state index < -0.39 is 5.97 Å². The van der Waals surface area contributed by atoms with E-state index >= 15 is 0 Å². The first-order chi connectivity index (χ1) is 12.0. The molecule has 0 aliphatic heterocycles. The largest absolute Gasteiger partial charge is 0.478 e. The maximum atomic E-state index is 13.8. The number of hydrogen-bond donors (Lipinski definition) is 1. The summed E-state index contributed by atoms with van der Waals surface area (Å²) >= 11 is 0. The molecule has 0 saturated heterocycles. The van der Waals surface area contributed by atoms with Crippen LogP contribution in [-0.2, 0) is 12.8 Å². The fraction of sp³-hybridized carbons (Fsp3) is 0.381. The van der Waals surface area contributed by atoms with Gasteiger partial charge in [-0.25, -0.2) is 9.18 Å². The topological polar surface area (TPSA) is 40.5 Å². The van der Waals surface area contributed by atoms with E-state index in [0.29, 0.717) is 17.9 Å². The smallest absolute Gasteiger partial charge is 0.335 e. The highest BCUT2D eigenvalue weighted by atomic mass is 19.1. The summed E-state index contributed by atoms with van der Waals surface area (Å²) in [7, 11) is 4.12. The van der Waals surface area contributed by atoms with E-state index in [2.05, 4.69) is 31.1 Å². The third-order valence-electron chi connectivity index (χ3n) is 5.15. The van der Waals surface area contributed by atoms with Crippen molar-refractivity contribution in [3.8, 4) is 0 Å². The predicted octanol–water partition coefficient (Wildman–Crippen LogP) is 3.97. The molecular weight excluding hydrogens is 317 g/mol. The number of rotatable bonds is 5. The summed E-state index contributed by atoms with van der Waals surface area (Å²) in [5, 5.41) is 9.46. The summed E-state index contributed by atoms with van der Waals surface area (Å²) < 4.78 is 13.8. The van der Waals surface area contributed by atoms with Gasteiger partial charge < -0.3 is 10.0 Å². The van der Waals surface area contributed by atoms with Gasteiger partial charge in [-0.2, -0.15) is 0 Å². The summed E-state index contributed by atoms with van der Waals surface area (Å²) in [6.45, 7) is 0.941. The number of fused-ring (bicyclic) bond motifs is 1. The minimum absolute atomic E-state index is 0.201. The van der Waals surface area contributed by atoms with Crippen molar-refractivity contribution in [1.82, 2.24) is 4.90 Å². The molecular formula is C21H24FNO2. The highest BCUT2D eigenvalue weighted by Crippen LogP contribution is 2.39. The second-order valence-corrected chi connectivity index (χ2v) is 7.18. The van der Waals surface area contributed by atoms with Gasteiger partial charge in [-0.1, -0.05) is 24.3 Å². The Balaban J connectivity index is 2.00. The van der Waals surface area contributed by atoms with Crippen molar-refractivity contribution in [3.05, 3.63) is 70.5 Å². The molecule has 2 aromatic carbocycles. The van der Waals surface area contributed by atoms with Crippen molar-refractivity contribution < 1.29 is 14.3 Å². The lowest BCUT2D eigenvalue weighted by atomic mass is 9.72. The van der Waals surface area contributed by atoms with Crippen LogP contribution in [0.5, 0.6) is 0 Å². The molecule has 0 radical (unpaired) electrons. The second kappa shape index (κ2) is 7.36. The Morgan fingerprint density at radius 2 is 2.00 bits per heavy atom. The zero-order chi connectivity index (χ0) is 18.0. The van der Waals surface area contributed by atoms with Gasteiger partial charge in [0.05, 0.1) is 5.56 Å². The zero-order valence-corrected chi connectivity index (χ0v) is 14.7. The van der Waals surface area contributed by atoms with Gasteiger partial charge in [-0.15, -0.1) is 0 Å². The molecule has 0 spiro atoms. The quantitative estimate of drug-likeness (QED) is 0.894. The van der Waals surface area contributed by atoms with Crippen molar-refractivity contribution in [2.75, 3.05) is 20.6 Å². The van der Waals surface area contributed by atoms with E-state index in [1.54, 1.807) is 0 Å². The number of benzene rings is 2. The molecule has 3 nitrogen and oxygen atoms in total. The van der Waals surface area contributed by atoms with Crippen LogP contribution in [0, 0.1) is 11.7 Å². The van der Waals surface area contributed by atoms with Gasteiger partial charge in [0, 0.05) is 6.54 Å². The SMILES string of the molecule is CN(C)CC1CCc2ccccc2C1Cc1cc(F)ccc1C(=O)O. The third kappa shape index (κ3) is 3.90. The normalized spacial score (nSPS) is 19.7. The number of carboxylic acid groups (broad SMARTS) is 1. The lowest BCUT2D eigenvalue weighted by Crippen LogP contribution is -2.31. The van der Waals surface area contributed by atoms with E-state index in [9.17, 15) is 14.3 Å². The minimum atomic E-state index is -0.997. The lowest BCUT2D eigenvalue weighted by Gasteiger charge is -2.35. The van der Waals surface area contributed by atoms with Gasteiger partial charge in [0.25, 0.3) is 0 Å². The van der Waals surface area contributed by atoms with Crippen molar-refractivity contribution in [1.29, 1.82) is 0 Å². The Morgan fingerprint density at radius 1 is 1.24 bits per heavy atom. The summed E-state index contributed by atoms with van der Waals surface area (Å²) in [6, 6.07) is 12.4. The molecule has 3 rings (SSSR count). The van der Waals surface area contributed by atoms with Gasteiger partial charge in [0.15, 0.2) is 0 Å². The average molecular weight is 341 g/mol. The van der Waals surface area contributed by atoms with E-state index in [1.807, 2.05) is 12.1 Å². The van der Waals surface area contributed by atoms with Crippen LogP contribution in [0.2, 0.25) is 0 Å². The van der Waals surface area contributed by atoms with Crippen LogP contribution in [0.25, 0.3) is 0 Å². The molecule has 4 heteroatoms. The number of hydrogen-bond acceptors (Lipinski definition) is 2. The number of aryl methyl sites for hydroxylation is 1. The van der Waals surface area contributed by atoms with Crippen molar-refractivity contribution >= 4 is 5.97 Å². The average Bonchev–Trinajstić information content (AvgIpc) is 2.56. The summed E-state index contributed by atoms with van der Waals surface area (Å²) in [5.74, 6) is -0.751. The van der Waals surface area contributed by atoms with E-state index in [0.717, 1.165) is 19.4 Å². The maximum Gasteiger partial charge on any atom is 0.335 e. The maximum absolute atomic E-state index is 13.8. The molecule has 1 N–H and O–H groups in total. The van der Waals surface area contributed by atoms with E-state index in [4.69, 9.17) is 0 Å². The molecule has 0 heterocycles. The number of aromatic carboxylic acids is 1. The first-order valence-electron chi connectivity index (χ1n) is 8.70. The Labute approximate surface area is 148 Å². The highest BCUT2D eigenvalue weighted by Gasteiger charge is 2.30. The van der Waals surface area contributed by atoms with Crippen molar-refractivity contribution in [3.63, 3.8) is 0 Å². The van der Waals surface area contributed by atoms with E-state index in [1.165, 1.54) is 29.3 Å². The number of nitrogens with zero attached hydrogens (tertiary/aromatic N) is 1. The first-order valence-corrected chi connectivity index (χ1v) is 8.70. The summed E-state index contributed by atoms with van der Waals surface area (Å²) in [4.78, 5) is 13.7. The molecule has 1 aliphatic carbocycles. The first kappa shape index (κ1) is 17.6. The van der Waals surface area contributed by atoms with Gasteiger partial charge in [0.2, 0.25) is 0 Å². The van der Waals surface area contributed by atoms with Gasteiger partial charge in [-0.3, -0.25) is 0 Å². The van der Waals surface area contributed by atoms with Crippen molar-refractivity contribution in [2.45, 2.75) is 25.2 Å². The highest BCUT2D eigenvalue weighted by molar-refractivity contribution is 5.89. The molecule has 0 amide bonds. The van der Waals surface area contributed by atoms with Crippen LogP contribution < -0.4 is 0 Å². The molecule has 25 heavy (non-hydrogen) atoms. The van der Waals surface area contributed by atoms with Crippen LogP contribution in [0.3, 0.4) is 0 Å². The van der Waals surface area contributed by atoms with Crippen LogP contribution in [-0.4, -0.2) is 36.6 Å². The van der Waals surface area contributed by atoms with Crippen LogP contribution in [0.4, 0.5) is 4.39 Å². The van der Waals surface area contributed by atoms with Gasteiger partial charge >= 0.3 is 5.97 Å². The lowest BCUT2D eigenvalue weighted by molar-refractivity contribution is 0.0695. The molecule has 2 atom stereocenters. The second-order valence-electron chi connectivity index (χ2n) is 7.18. The number of carbonyl (C=O) groups is 1. The molecule has 2 aromatic rings. The standard InChI is InChI=1S/C21H24FNO2/c1-23(2)13-15-8-7-14-5-3-4-6-18(14)20(15)12-16-11-17(22)9-10-19(16)21(24)25/h3-6,9-11,15,20H,7-8,12-13H2,1-2H3,(H,24,25). The minimum Gasteiger partial charge on any atom is -0.478 e. The molecule has 2 unspecified atom stereocenters. The van der Waals surface area contributed by atoms with Gasteiger partial charge in [0.1, 0.15) is 5.82 Å². The molecule has 132 valence electrons. The van der Waals surface area contributed by atoms with Crippen molar-refractivity contribution in [2.24, 2.45) is 5.92 Å². The summed E-state index contributed by atoms with van der Waals surface area (Å²) in [5.41, 5.74) is 3.39. The molecule has 0 fully saturated rings. The Morgan fingerprint density at radius 3 is 2.72 bits per heavy atom. The monoisotopic (exact) mass is 341 g/mol. The Kier molecular flexibility index (Phi) is 5.19. The molecule has 1 aliphatic rings. The molecule has 0 aromatic heterocycles. The van der Waals surface area contributed by atoms with Crippen LogP contribution in [0.15, 0.2) is 42.5 Å². The number of carboxylic acids is 1. The van der Waals surface area contributed by atoms with E-state index in [-0.39, 0.29) is 17.3 Å². The van der Waals surface area contributed by atoms with Crippen LogP contribution in [0.1, 0.15) is 39.4 Å². The molecule has 0 saturated carbocycles. The van der Waals surface area contributed by atoms with Gasteiger partial charge in [-0.05, 0) is 80.1 Å². The third-order valence-corrected chi connectivity index (χ3v) is 5.15. The summed E-state index contributed by atoms with van der Waals surface area (Å²) in [6.07, 6.45) is 2.66.